The van der Waals surface area contributed by atoms with Crippen LogP contribution in [0.4, 0.5) is 5.69 Å². The summed E-state index contributed by atoms with van der Waals surface area (Å²) in [4.78, 5) is 4.25. The lowest BCUT2D eigenvalue weighted by atomic mass is 10.2. The van der Waals surface area contributed by atoms with Gasteiger partial charge in [-0.2, -0.15) is 4.98 Å². The Labute approximate surface area is 139 Å². The van der Waals surface area contributed by atoms with Gasteiger partial charge in [0.2, 0.25) is 15.8 Å². The summed E-state index contributed by atoms with van der Waals surface area (Å²) in [5.41, 5.74) is 0.876. The van der Waals surface area contributed by atoms with E-state index in [4.69, 9.17) is 9.26 Å². The van der Waals surface area contributed by atoms with E-state index in [9.17, 15) is 8.42 Å². The molecule has 0 amide bonds. The first kappa shape index (κ1) is 16.0. The third-order valence-corrected chi connectivity index (χ3v) is 3.62. The van der Waals surface area contributed by atoms with E-state index in [2.05, 4.69) is 14.9 Å². The molecule has 124 valence electrons. The number of aromatic nitrogens is 2. The van der Waals surface area contributed by atoms with Crippen LogP contribution in [0.3, 0.4) is 0 Å². The average molecular weight is 345 g/mol. The highest BCUT2D eigenvalue weighted by Crippen LogP contribution is 2.27. The molecule has 2 aromatic carbocycles. The van der Waals surface area contributed by atoms with Gasteiger partial charge >= 0.3 is 0 Å². The average Bonchev–Trinajstić information content (AvgIpc) is 3.02. The lowest BCUT2D eigenvalue weighted by molar-refractivity contribution is 0.287. The second-order valence-corrected chi connectivity index (χ2v) is 6.79. The van der Waals surface area contributed by atoms with Gasteiger partial charge in [0.1, 0.15) is 5.75 Å². The Morgan fingerprint density at radius 2 is 1.79 bits per heavy atom. The van der Waals surface area contributed by atoms with Crippen molar-refractivity contribution in [1.29, 1.82) is 0 Å². The van der Waals surface area contributed by atoms with Gasteiger partial charge in [-0.05, 0) is 24.3 Å². The molecule has 8 heteroatoms. The van der Waals surface area contributed by atoms with Gasteiger partial charge in [-0.3, -0.25) is 4.72 Å². The van der Waals surface area contributed by atoms with Crippen molar-refractivity contribution in [3.8, 4) is 17.2 Å². The number of para-hydroxylation sites is 2. The molecule has 3 aromatic rings. The highest BCUT2D eigenvalue weighted by Gasteiger charge is 2.15. The molecule has 0 aliphatic carbocycles. The Hall–Kier alpha value is -2.87. The van der Waals surface area contributed by atoms with Crippen LogP contribution in [0.5, 0.6) is 5.75 Å². The minimum atomic E-state index is -3.41. The predicted octanol–water partition coefficient (Wildman–Crippen LogP) is 2.69. The van der Waals surface area contributed by atoms with Gasteiger partial charge in [0.05, 0.1) is 17.5 Å². The van der Waals surface area contributed by atoms with Gasteiger partial charge in [0.25, 0.3) is 5.89 Å². The number of hydrogen-bond donors (Lipinski definition) is 1. The number of rotatable bonds is 6. The van der Waals surface area contributed by atoms with Crippen LogP contribution < -0.4 is 9.46 Å². The number of benzene rings is 2. The minimum absolute atomic E-state index is 0.148. The molecule has 0 aliphatic rings. The summed E-state index contributed by atoms with van der Waals surface area (Å²) < 4.78 is 36.1. The second-order valence-electron chi connectivity index (χ2n) is 5.04. The smallest absolute Gasteiger partial charge is 0.260 e. The first-order valence-corrected chi connectivity index (χ1v) is 8.98. The fourth-order valence-electron chi connectivity index (χ4n) is 2.04. The maximum absolute atomic E-state index is 11.5. The maximum Gasteiger partial charge on any atom is 0.260 e. The molecule has 0 saturated heterocycles. The fraction of sp³-hybridized carbons (Fsp3) is 0.125. The molecule has 0 radical (unpaired) electrons. The highest BCUT2D eigenvalue weighted by atomic mass is 32.2. The Morgan fingerprint density at radius 3 is 2.54 bits per heavy atom. The third kappa shape index (κ3) is 4.11. The summed E-state index contributed by atoms with van der Waals surface area (Å²) in [5, 5.41) is 3.86. The van der Waals surface area contributed by atoms with Crippen LogP contribution in [0.25, 0.3) is 11.5 Å². The minimum Gasteiger partial charge on any atom is -0.485 e. The molecule has 0 atom stereocenters. The van der Waals surface area contributed by atoms with E-state index in [0.29, 0.717) is 22.8 Å². The van der Waals surface area contributed by atoms with Crippen molar-refractivity contribution in [3.05, 3.63) is 60.4 Å². The molecule has 0 spiro atoms. The Bertz CT molecular complexity index is 923. The third-order valence-electron chi connectivity index (χ3n) is 3.03. The molecule has 0 unspecified atom stereocenters. The monoisotopic (exact) mass is 345 g/mol. The van der Waals surface area contributed by atoms with Crippen LogP contribution in [-0.4, -0.2) is 24.8 Å². The number of nitrogens with zero attached hydrogens (tertiary/aromatic N) is 2. The molecule has 0 bridgehead atoms. The normalized spacial score (nSPS) is 11.2. The summed E-state index contributed by atoms with van der Waals surface area (Å²) in [6.07, 6.45) is 1.08. The van der Waals surface area contributed by atoms with Gasteiger partial charge in [0, 0.05) is 0 Å². The lowest BCUT2D eigenvalue weighted by Crippen LogP contribution is -2.10. The van der Waals surface area contributed by atoms with Crippen molar-refractivity contribution in [2.45, 2.75) is 6.61 Å². The highest BCUT2D eigenvalue weighted by molar-refractivity contribution is 7.92. The van der Waals surface area contributed by atoms with Crippen LogP contribution in [0.15, 0.2) is 59.1 Å². The molecule has 1 N–H and O–H groups in total. The predicted molar refractivity (Wildman–Crippen MR) is 89.0 cm³/mol. The van der Waals surface area contributed by atoms with Crippen LogP contribution in [0.2, 0.25) is 0 Å². The van der Waals surface area contributed by atoms with Crippen molar-refractivity contribution in [1.82, 2.24) is 10.1 Å². The summed E-state index contributed by atoms with van der Waals surface area (Å²) in [6.45, 7) is 0.148. The Morgan fingerprint density at radius 1 is 1.08 bits per heavy atom. The van der Waals surface area contributed by atoms with Gasteiger partial charge in [-0.15, -0.1) is 0 Å². The van der Waals surface area contributed by atoms with E-state index >= 15 is 0 Å². The van der Waals surface area contributed by atoms with Crippen molar-refractivity contribution in [3.63, 3.8) is 0 Å². The summed E-state index contributed by atoms with van der Waals surface area (Å²) in [6, 6.07) is 16.1. The zero-order valence-corrected chi connectivity index (χ0v) is 13.7. The number of sulfonamides is 1. The fourth-order valence-corrected chi connectivity index (χ4v) is 2.62. The Balaban J connectivity index is 1.78. The second kappa shape index (κ2) is 6.71. The summed E-state index contributed by atoms with van der Waals surface area (Å²) >= 11 is 0. The maximum atomic E-state index is 11.5. The van der Waals surface area contributed by atoms with E-state index in [-0.39, 0.29) is 12.5 Å². The molecule has 1 aromatic heterocycles. The van der Waals surface area contributed by atoms with Crippen LogP contribution in [0.1, 0.15) is 5.82 Å². The van der Waals surface area contributed by atoms with Crippen molar-refractivity contribution in [2.75, 3.05) is 11.0 Å². The van der Waals surface area contributed by atoms with Gasteiger partial charge < -0.3 is 9.26 Å². The molecular weight excluding hydrogens is 330 g/mol. The molecule has 3 rings (SSSR count). The molecule has 0 saturated carbocycles. The van der Waals surface area contributed by atoms with E-state index in [1.54, 1.807) is 24.3 Å². The van der Waals surface area contributed by atoms with Crippen LogP contribution in [0, 0.1) is 0 Å². The molecular formula is C16H15N3O4S. The number of anilines is 1. The van der Waals surface area contributed by atoms with E-state index in [1.807, 2.05) is 30.3 Å². The van der Waals surface area contributed by atoms with Gasteiger partial charge in [-0.25, -0.2) is 8.42 Å². The standard InChI is InChI=1S/C16H15N3O4S/c1-24(20,21)19-14-10-6-5-9-13(14)16-17-15(18-23-16)11-22-12-7-3-2-4-8-12/h2-10,19H,11H2,1H3. The van der Waals surface area contributed by atoms with E-state index in [0.717, 1.165) is 6.26 Å². The van der Waals surface area contributed by atoms with Gasteiger partial charge in [0.15, 0.2) is 6.61 Å². The zero-order valence-electron chi connectivity index (χ0n) is 12.8. The van der Waals surface area contributed by atoms with E-state index < -0.39 is 10.0 Å². The topological polar surface area (TPSA) is 94.3 Å². The van der Waals surface area contributed by atoms with E-state index in [1.165, 1.54) is 0 Å². The van der Waals surface area contributed by atoms with Gasteiger partial charge in [-0.1, -0.05) is 35.5 Å². The summed E-state index contributed by atoms with van der Waals surface area (Å²) in [5.74, 6) is 1.28. The van der Waals surface area contributed by atoms with Crippen molar-refractivity contribution < 1.29 is 17.7 Å². The summed E-state index contributed by atoms with van der Waals surface area (Å²) in [7, 11) is -3.41. The molecule has 0 aliphatic heterocycles. The SMILES string of the molecule is CS(=O)(=O)Nc1ccccc1-c1nc(COc2ccccc2)no1. The molecule has 0 fully saturated rings. The molecule has 1 heterocycles. The molecule has 24 heavy (non-hydrogen) atoms. The first-order chi connectivity index (χ1) is 11.5. The Kier molecular flexibility index (Phi) is 4.48. The van der Waals surface area contributed by atoms with Crippen LogP contribution in [-0.2, 0) is 16.6 Å². The van der Waals surface area contributed by atoms with Crippen LogP contribution >= 0.6 is 0 Å². The molecule has 7 nitrogen and oxygen atoms in total. The number of ether oxygens (including phenoxy) is 1. The number of hydrogen-bond acceptors (Lipinski definition) is 6. The zero-order chi connectivity index (χ0) is 17.0. The lowest BCUT2D eigenvalue weighted by Gasteiger charge is -2.06. The first-order valence-electron chi connectivity index (χ1n) is 7.09. The van der Waals surface area contributed by atoms with Crippen molar-refractivity contribution >= 4 is 15.7 Å². The largest absolute Gasteiger partial charge is 0.485 e. The number of nitrogens with one attached hydrogen (secondary N) is 1. The quantitative estimate of drug-likeness (QED) is 0.738. The van der Waals surface area contributed by atoms with Crippen molar-refractivity contribution in [2.24, 2.45) is 0 Å².